The quantitative estimate of drug-likeness (QED) is 0.0537. The standard InChI is InChI=1S/C31H37N3O11S/c1-30(2,19-20-44-29(38)45-25-11-9-23(10-12-25)34(39)40)18-17-27(35)31(32-28(36)37,21-22-7-5-4-6-8-22)33-46(41,42)26-15-13-24(43-3)14-16-26/h4-16,27,32-33,35H,17-21H2,1-3H3,(H,36,37). The van der Waals surface area contributed by atoms with E-state index in [4.69, 9.17) is 14.2 Å². The Hall–Kier alpha value is -4.73. The van der Waals surface area contributed by atoms with E-state index in [1.54, 1.807) is 30.3 Å². The molecule has 0 bridgehead atoms. The van der Waals surface area contributed by atoms with Crippen LogP contribution in [0.1, 0.15) is 38.7 Å². The number of nitro benzene ring substituents is 1. The van der Waals surface area contributed by atoms with Crippen LogP contribution in [0.2, 0.25) is 0 Å². The molecule has 248 valence electrons. The number of rotatable bonds is 16. The van der Waals surface area contributed by atoms with Gasteiger partial charge in [0.15, 0.2) is 0 Å². The minimum Gasteiger partial charge on any atom is -0.497 e. The molecule has 0 aromatic heterocycles. The number of benzene rings is 3. The Balaban J connectivity index is 1.73. The number of amides is 1. The smallest absolute Gasteiger partial charge is 0.497 e. The van der Waals surface area contributed by atoms with Crippen LogP contribution in [0.4, 0.5) is 15.3 Å². The number of nitrogens with zero attached hydrogens (tertiary/aromatic N) is 1. The summed E-state index contributed by atoms with van der Waals surface area (Å²) in [7, 11) is -2.93. The van der Waals surface area contributed by atoms with Crippen molar-refractivity contribution in [2.45, 2.75) is 56.2 Å². The third-order valence-corrected chi connectivity index (χ3v) is 8.78. The number of nitro groups is 1. The number of methoxy groups -OCH3 is 1. The fourth-order valence-corrected chi connectivity index (χ4v) is 5.96. The summed E-state index contributed by atoms with van der Waals surface area (Å²) in [5.41, 5.74) is -2.23. The number of carboxylic acid groups (broad SMARTS) is 1. The van der Waals surface area contributed by atoms with E-state index >= 15 is 0 Å². The molecule has 4 N–H and O–H groups in total. The van der Waals surface area contributed by atoms with Gasteiger partial charge in [-0.3, -0.25) is 15.4 Å². The highest BCUT2D eigenvalue weighted by atomic mass is 32.2. The Morgan fingerprint density at radius 3 is 2.13 bits per heavy atom. The Kier molecular flexibility index (Phi) is 12.1. The molecule has 2 unspecified atom stereocenters. The Bertz CT molecular complexity index is 1580. The van der Waals surface area contributed by atoms with Gasteiger partial charge in [0.05, 0.1) is 29.6 Å². The average Bonchev–Trinajstić information content (AvgIpc) is 3.00. The van der Waals surface area contributed by atoms with Gasteiger partial charge in [0.25, 0.3) is 5.69 Å². The van der Waals surface area contributed by atoms with E-state index in [0.717, 1.165) is 0 Å². The molecular formula is C31H37N3O11S. The van der Waals surface area contributed by atoms with Gasteiger partial charge < -0.3 is 24.4 Å². The highest BCUT2D eigenvalue weighted by molar-refractivity contribution is 7.89. The van der Waals surface area contributed by atoms with Gasteiger partial charge in [0.2, 0.25) is 10.0 Å². The van der Waals surface area contributed by atoms with Crippen LogP contribution in [0.25, 0.3) is 0 Å². The van der Waals surface area contributed by atoms with Gasteiger partial charge in [-0.1, -0.05) is 44.2 Å². The molecule has 15 heteroatoms. The van der Waals surface area contributed by atoms with E-state index < -0.39 is 44.4 Å². The highest BCUT2D eigenvalue weighted by Crippen LogP contribution is 2.31. The number of ether oxygens (including phenoxy) is 3. The molecule has 2 atom stereocenters. The van der Waals surface area contributed by atoms with Crippen LogP contribution in [-0.2, 0) is 21.2 Å². The monoisotopic (exact) mass is 659 g/mol. The summed E-state index contributed by atoms with van der Waals surface area (Å²) >= 11 is 0. The first-order chi connectivity index (χ1) is 21.6. The number of aliphatic hydroxyl groups is 1. The Morgan fingerprint density at radius 1 is 0.957 bits per heavy atom. The molecule has 0 saturated heterocycles. The Labute approximate surface area is 266 Å². The topological polar surface area (TPSA) is 204 Å². The van der Waals surface area contributed by atoms with E-state index in [1.807, 2.05) is 13.8 Å². The van der Waals surface area contributed by atoms with Crippen LogP contribution in [0.15, 0.2) is 83.8 Å². The van der Waals surface area contributed by atoms with Crippen molar-refractivity contribution < 1.29 is 47.4 Å². The first kappa shape index (κ1) is 35.7. The van der Waals surface area contributed by atoms with Gasteiger partial charge in [-0.15, -0.1) is 0 Å². The maximum absolute atomic E-state index is 13.5. The number of carbonyl (C=O) groups excluding carboxylic acids is 1. The van der Waals surface area contributed by atoms with Crippen molar-refractivity contribution in [1.29, 1.82) is 0 Å². The van der Waals surface area contributed by atoms with Crippen LogP contribution >= 0.6 is 0 Å². The van der Waals surface area contributed by atoms with Crippen LogP contribution in [0, 0.1) is 15.5 Å². The Morgan fingerprint density at radius 2 is 1.57 bits per heavy atom. The van der Waals surface area contributed by atoms with Gasteiger partial charge in [-0.25, -0.2) is 18.0 Å². The van der Waals surface area contributed by atoms with Crippen molar-refractivity contribution >= 4 is 28.0 Å². The molecule has 46 heavy (non-hydrogen) atoms. The molecule has 0 aliphatic rings. The molecule has 0 radical (unpaired) electrons. The molecule has 14 nitrogen and oxygen atoms in total. The second-order valence-electron chi connectivity index (χ2n) is 11.3. The predicted molar refractivity (Wildman–Crippen MR) is 166 cm³/mol. The molecule has 0 aliphatic carbocycles. The van der Waals surface area contributed by atoms with Crippen molar-refractivity contribution in [2.24, 2.45) is 5.41 Å². The van der Waals surface area contributed by atoms with Crippen molar-refractivity contribution in [3.8, 4) is 11.5 Å². The summed E-state index contributed by atoms with van der Waals surface area (Å²) in [5.74, 6) is 0.486. The number of nitrogens with one attached hydrogen (secondary N) is 2. The fraction of sp³-hybridized carbons (Fsp3) is 0.355. The molecular weight excluding hydrogens is 622 g/mol. The van der Waals surface area contributed by atoms with E-state index in [2.05, 4.69) is 10.0 Å². The molecule has 3 rings (SSSR count). The summed E-state index contributed by atoms with van der Waals surface area (Å²) in [6, 6.07) is 18.9. The summed E-state index contributed by atoms with van der Waals surface area (Å²) in [6.07, 6.45) is -3.77. The number of hydrogen-bond donors (Lipinski definition) is 4. The van der Waals surface area contributed by atoms with E-state index in [0.29, 0.717) is 17.7 Å². The van der Waals surface area contributed by atoms with Gasteiger partial charge in [-0.2, -0.15) is 4.72 Å². The van der Waals surface area contributed by atoms with Crippen molar-refractivity contribution in [2.75, 3.05) is 13.7 Å². The molecule has 1 amide bonds. The minimum atomic E-state index is -4.36. The van der Waals surface area contributed by atoms with E-state index in [1.165, 1.54) is 55.6 Å². The third kappa shape index (κ3) is 10.4. The zero-order valence-corrected chi connectivity index (χ0v) is 26.4. The van der Waals surface area contributed by atoms with Gasteiger partial charge in [0, 0.05) is 18.6 Å². The fourth-order valence-electron chi connectivity index (χ4n) is 4.61. The summed E-state index contributed by atoms with van der Waals surface area (Å²) < 4.78 is 44.8. The van der Waals surface area contributed by atoms with Crippen molar-refractivity contribution in [3.05, 3.63) is 94.5 Å². The minimum absolute atomic E-state index is 0.0432. The highest BCUT2D eigenvalue weighted by Gasteiger charge is 2.44. The average molecular weight is 660 g/mol. The van der Waals surface area contributed by atoms with E-state index in [-0.39, 0.29) is 42.2 Å². The summed E-state index contributed by atoms with van der Waals surface area (Å²) in [6.45, 7) is 3.62. The van der Waals surface area contributed by atoms with Gasteiger partial charge in [-0.05, 0) is 66.6 Å². The molecule has 0 heterocycles. The van der Waals surface area contributed by atoms with Gasteiger partial charge >= 0.3 is 12.2 Å². The number of non-ortho nitro benzene ring substituents is 1. The third-order valence-electron chi connectivity index (χ3n) is 7.25. The van der Waals surface area contributed by atoms with Gasteiger partial charge in [0.1, 0.15) is 17.2 Å². The second kappa shape index (κ2) is 15.5. The predicted octanol–water partition coefficient (Wildman–Crippen LogP) is 4.86. The summed E-state index contributed by atoms with van der Waals surface area (Å²) in [4.78, 5) is 34.2. The maximum Gasteiger partial charge on any atom is 0.513 e. The zero-order chi connectivity index (χ0) is 34.0. The van der Waals surface area contributed by atoms with E-state index in [9.17, 15) is 38.3 Å². The van der Waals surface area contributed by atoms with Crippen LogP contribution in [0.3, 0.4) is 0 Å². The molecule has 3 aromatic carbocycles. The number of sulfonamides is 1. The lowest BCUT2D eigenvalue weighted by molar-refractivity contribution is -0.384. The SMILES string of the molecule is COc1ccc(S(=O)(=O)NC(Cc2ccccc2)(NC(=O)O)C(O)CCC(C)(C)CCOC(=O)Oc2ccc([N+](=O)[O-])cc2)cc1. The molecule has 0 aliphatic heterocycles. The van der Waals surface area contributed by atoms with Crippen LogP contribution in [0.5, 0.6) is 11.5 Å². The molecule has 3 aromatic rings. The van der Waals surface area contributed by atoms with Crippen LogP contribution < -0.4 is 19.5 Å². The number of aliphatic hydroxyl groups excluding tert-OH is 1. The molecule has 0 spiro atoms. The number of hydrogen-bond acceptors (Lipinski definition) is 10. The molecule has 0 fully saturated rings. The largest absolute Gasteiger partial charge is 0.513 e. The second-order valence-corrected chi connectivity index (χ2v) is 12.9. The lowest BCUT2D eigenvalue weighted by Crippen LogP contribution is -2.68. The lowest BCUT2D eigenvalue weighted by atomic mass is 9.81. The zero-order valence-electron chi connectivity index (χ0n) is 25.5. The summed E-state index contributed by atoms with van der Waals surface area (Å²) in [5, 5.41) is 34.4. The molecule has 0 saturated carbocycles. The normalized spacial score (nSPS) is 13.6. The maximum atomic E-state index is 13.5. The first-order valence-electron chi connectivity index (χ1n) is 14.1. The van der Waals surface area contributed by atoms with Crippen LogP contribution in [-0.4, -0.2) is 61.3 Å². The van der Waals surface area contributed by atoms with Crippen molar-refractivity contribution in [1.82, 2.24) is 10.0 Å². The first-order valence-corrected chi connectivity index (χ1v) is 15.6. The lowest BCUT2D eigenvalue weighted by Gasteiger charge is -2.39. The van der Waals surface area contributed by atoms with Crippen molar-refractivity contribution in [3.63, 3.8) is 0 Å². The number of carbonyl (C=O) groups is 2.